The van der Waals surface area contributed by atoms with E-state index in [9.17, 15) is 0 Å². The molecule has 0 bridgehead atoms. The van der Waals surface area contributed by atoms with Gasteiger partial charge < -0.3 is 9.47 Å². The highest BCUT2D eigenvalue weighted by molar-refractivity contribution is 6.17. The number of halogens is 1. The highest BCUT2D eigenvalue weighted by Crippen LogP contribution is 2.30. The van der Waals surface area contributed by atoms with E-state index in [1.165, 1.54) is 0 Å². The van der Waals surface area contributed by atoms with Crippen LogP contribution in [0, 0.1) is 0 Å². The first-order chi connectivity index (χ1) is 9.70. The molecule has 1 aliphatic rings. The SMILES string of the molecule is CC1CC(n2c(CCCl)nc3cccnc32)CCN1C. The zero-order valence-electron chi connectivity index (χ0n) is 12.1. The summed E-state index contributed by atoms with van der Waals surface area (Å²) in [6.07, 6.45) is 4.95. The third-order valence-electron chi connectivity index (χ3n) is 4.39. The molecular formula is C15H21ClN4. The lowest BCUT2D eigenvalue weighted by Gasteiger charge is -2.36. The number of fused-ring (bicyclic) bond motifs is 1. The maximum absolute atomic E-state index is 5.94. The van der Waals surface area contributed by atoms with Crippen LogP contribution < -0.4 is 0 Å². The van der Waals surface area contributed by atoms with Crippen molar-refractivity contribution in [3.63, 3.8) is 0 Å². The number of hydrogen-bond acceptors (Lipinski definition) is 3. The van der Waals surface area contributed by atoms with Gasteiger partial charge in [-0.15, -0.1) is 11.6 Å². The summed E-state index contributed by atoms with van der Waals surface area (Å²) in [7, 11) is 2.20. The van der Waals surface area contributed by atoms with Gasteiger partial charge in [0.1, 0.15) is 11.3 Å². The average molecular weight is 293 g/mol. The number of pyridine rings is 1. The van der Waals surface area contributed by atoms with Crippen LogP contribution in [0.25, 0.3) is 11.2 Å². The minimum Gasteiger partial charge on any atom is -0.309 e. The Bertz CT molecular complexity index is 595. The molecule has 3 rings (SSSR count). The molecule has 20 heavy (non-hydrogen) atoms. The van der Waals surface area contributed by atoms with Gasteiger partial charge in [0.2, 0.25) is 0 Å². The monoisotopic (exact) mass is 292 g/mol. The Morgan fingerprint density at radius 3 is 3.05 bits per heavy atom. The fourth-order valence-electron chi connectivity index (χ4n) is 3.12. The largest absolute Gasteiger partial charge is 0.309 e. The maximum atomic E-state index is 5.94. The lowest BCUT2D eigenvalue weighted by Crippen LogP contribution is -2.38. The Labute approximate surface area is 124 Å². The predicted octanol–water partition coefficient (Wildman–Crippen LogP) is 2.87. The normalized spacial score (nSPS) is 24.4. The molecule has 5 heteroatoms. The first-order valence-corrected chi connectivity index (χ1v) is 7.82. The van der Waals surface area contributed by atoms with E-state index >= 15 is 0 Å². The molecule has 0 saturated carbocycles. The molecule has 4 nitrogen and oxygen atoms in total. The van der Waals surface area contributed by atoms with Crippen molar-refractivity contribution < 1.29 is 0 Å². The number of likely N-dealkylation sites (tertiary alicyclic amines) is 1. The van der Waals surface area contributed by atoms with Crippen molar-refractivity contribution in [2.24, 2.45) is 0 Å². The summed E-state index contributed by atoms with van der Waals surface area (Å²) in [5.74, 6) is 1.68. The van der Waals surface area contributed by atoms with Crippen molar-refractivity contribution in [2.45, 2.75) is 38.3 Å². The molecule has 0 aliphatic carbocycles. The van der Waals surface area contributed by atoms with Crippen molar-refractivity contribution in [1.29, 1.82) is 0 Å². The summed E-state index contributed by atoms with van der Waals surface area (Å²) in [4.78, 5) is 11.7. The number of hydrogen-bond donors (Lipinski definition) is 0. The molecule has 0 aromatic carbocycles. The summed E-state index contributed by atoms with van der Waals surface area (Å²) in [5, 5.41) is 0. The lowest BCUT2D eigenvalue weighted by atomic mass is 9.98. The second kappa shape index (κ2) is 5.70. The summed E-state index contributed by atoms with van der Waals surface area (Å²) in [5.41, 5.74) is 1.99. The number of nitrogens with zero attached hydrogens (tertiary/aromatic N) is 4. The number of aromatic nitrogens is 3. The fraction of sp³-hybridized carbons (Fsp3) is 0.600. The van der Waals surface area contributed by atoms with Crippen LogP contribution in [0.15, 0.2) is 18.3 Å². The highest BCUT2D eigenvalue weighted by Gasteiger charge is 2.27. The van der Waals surface area contributed by atoms with Crippen LogP contribution in [-0.2, 0) is 6.42 Å². The zero-order valence-corrected chi connectivity index (χ0v) is 12.8. The highest BCUT2D eigenvalue weighted by atomic mass is 35.5. The molecule has 1 saturated heterocycles. The molecule has 3 heterocycles. The van der Waals surface area contributed by atoms with Crippen LogP contribution in [-0.4, -0.2) is 44.9 Å². The second-order valence-electron chi connectivity index (χ2n) is 5.69. The zero-order chi connectivity index (χ0) is 14.1. The first-order valence-electron chi connectivity index (χ1n) is 7.28. The minimum atomic E-state index is 0.485. The van der Waals surface area contributed by atoms with E-state index < -0.39 is 0 Å². The lowest BCUT2D eigenvalue weighted by molar-refractivity contribution is 0.157. The number of piperidine rings is 1. The predicted molar refractivity (Wildman–Crippen MR) is 82.3 cm³/mol. The molecule has 2 atom stereocenters. The van der Waals surface area contributed by atoms with Crippen molar-refractivity contribution >= 4 is 22.8 Å². The van der Waals surface area contributed by atoms with Gasteiger partial charge >= 0.3 is 0 Å². The van der Waals surface area contributed by atoms with Crippen LogP contribution in [0.3, 0.4) is 0 Å². The van der Waals surface area contributed by atoms with Crippen molar-refractivity contribution in [1.82, 2.24) is 19.4 Å². The molecule has 1 fully saturated rings. The van der Waals surface area contributed by atoms with Crippen LogP contribution >= 0.6 is 11.6 Å². The average Bonchev–Trinajstić information content (AvgIpc) is 2.80. The summed E-state index contributed by atoms with van der Waals surface area (Å²) in [6.45, 7) is 3.42. The van der Waals surface area contributed by atoms with Gasteiger partial charge in [0.15, 0.2) is 5.65 Å². The van der Waals surface area contributed by atoms with Crippen LogP contribution in [0.5, 0.6) is 0 Å². The molecule has 2 aromatic heterocycles. The standard InChI is InChI=1S/C15H21ClN4/c1-11-10-12(6-9-19(11)2)20-14(5-7-16)18-13-4-3-8-17-15(13)20/h3-4,8,11-12H,5-7,9-10H2,1-2H3. The van der Waals surface area contributed by atoms with Gasteiger partial charge in [-0.1, -0.05) is 0 Å². The second-order valence-corrected chi connectivity index (χ2v) is 6.07. The van der Waals surface area contributed by atoms with E-state index in [1.54, 1.807) is 0 Å². The third kappa shape index (κ3) is 2.42. The van der Waals surface area contributed by atoms with E-state index in [0.29, 0.717) is 18.0 Å². The molecule has 1 aliphatic heterocycles. The molecule has 0 N–H and O–H groups in total. The number of rotatable bonds is 3. The van der Waals surface area contributed by atoms with Gasteiger partial charge in [0.05, 0.1) is 0 Å². The summed E-state index contributed by atoms with van der Waals surface area (Å²) >= 11 is 5.94. The third-order valence-corrected chi connectivity index (χ3v) is 4.57. The van der Waals surface area contributed by atoms with E-state index in [-0.39, 0.29) is 0 Å². The van der Waals surface area contributed by atoms with E-state index in [1.807, 2.05) is 18.3 Å². The minimum absolute atomic E-state index is 0.485. The molecule has 108 valence electrons. The number of aryl methyl sites for hydroxylation is 1. The van der Waals surface area contributed by atoms with E-state index in [4.69, 9.17) is 16.6 Å². The first kappa shape index (κ1) is 13.8. The van der Waals surface area contributed by atoms with Crippen molar-refractivity contribution in [3.8, 4) is 0 Å². The Kier molecular flexibility index (Phi) is 3.94. The fourth-order valence-corrected chi connectivity index (χ4v) is 3.29. The molecule has 0 amide bonds. The van der Waals surface area contributed by atoms with Gasteiger partial charge in [0.25, 0.3) is 0 Å². The molecule has 2 aromatic rings. The Balaban J connectivity index is 2.02. The molecule has 0 spiro atoms. The quantitative estimate of drug-likeness (QED) is 0.816. The van der Waals surface area contributed by atoms with Gasteiger partial charge in [-0.25, -0.2) is 9.97 Å². The van der Waals surface area contributed by atoms with Gasteiger partial charge in [-0.05, 0) is 38.9 Å². The van der Waals surface area contributed by atoms with Crippen LogP contribution in [0.2, 0.25) is 0 Å². The summed E-state index contributed by atoms with van der Waals surface area (Å²) < 4.78 is 2.33. The van der Waals surface area contributed by atoms with Crippen molar-refractivity contribution in [2.75, 3.05) is 19.5 Å². The van der Waals surface area contributed by atoms with Gasteiger partial charge in [-0.3, -0.25) is 0 Å². The van der Waals surface area contributed by atoms with E-state index in [2.05, 4.69) is 28.4 Å². The van der Waals surface area contributed by atoms with Gasteiger partial charge in [-0.2, -0.15) is 0 Å². The Morgan fingerprint density at radius 2 is 2.30 bits per heavy atom. The van der Waals surface area contributed by atoms with Crippen LogP contribution in [0.4, 0.5) is 0 Å². The molecule has 2 unspecified atom stereocenters. The van der Waals surface area contributed by atoms with Gasteiger partial charge in [0, 0.05) is 37.1 Å². The Morgan fingerprint density at radius 1 is 1.45 bits per heavy atom. The molecule has 0 radical (unpaired) electrons. The topological polar surface area (TPSA) is 34.0 Å². The van der Waals surface area contributed by atoms with Crippen LogP contribution in [0.1, 0.15) is 31.6 Å². The van der Waals surface area contributed by atoms with Crippen molar-refractivity contribution in [3.05, 3.63) is 24.2 Å². The number of imidazole rings is 1. The van der Waals surface area contributed by atoms with E-state index in [0.717, 1.165) is 42.8 Å². The number of alkyl halides is 1. The maximum Gasteiger partial charge on any atom is 0.160 e. The smallest absolute Gasteiger partial charge is 0.160 e. The molecular weight excluding hydrogens is 272 g/mol. The Hall–Kier alpha value is -1.13. The summed E-state index contributed by atoms with van der Waals surface area (Å²) in [6, 6.07) is 5.06.